The second kappa shape index (κ2) is 7.25. The van der Waals surface area contributed by atoms with E-state index >= 15 is 0 Å². The molecule has 1 N–H and O–H groups in total. The van der Waals surface area contributed by atoms with Crippen LogP contribution in [-0.2, 0) is 4.74 Å². The first kappa shape index (κ1) is 14.0. The Hall–Kier alpha value is -1.40. The molecule has 0 aliphatic carbocycles. The summed E-state index contributed by atoms with van der Waals surface area (Å²) in [5.41, 5.74) is 0. The maximum atomic E-state index is 5.56. The topological polar surface area (TPSA) is 59.5 Å². The van der Waals surface area contributed by atoms with Gasteiger partial charge in [0, 0.05) is 19.2 Å². The van der Waals surface area contributed by atoms with Crippen molar-refractivity contribution in [3.63, 3.8) is 0 Å². The smallest absolute Gasteiger partial charge is 0.218 e. The Morgan fingerprint density at radius 3 is 3.21 bits per heavy atom. The fraction of sp³-hybridized carbons (Fsp3) is 0.692. The molecule has 1 saturated heterocycles. The van der Waals surface area contributed by atoms with Gasteiger partial charge in [0.05, 0.1) is 25.9 Å². The fourth-order valence-electron chi connectivity index (χ4n) is 2.13. The maximum Gasteiger partial charge on any atom is 0.218 e. The number of aromatic nitrogens is 2. The van der Waals surface area contributed by atoms with E-state index in [1.54, 1.807) is 6.33 Å². The molecule has 1 fully saturated rings. The molecule has 1 aliphatic rings. The number of nitrogens with one attached hydrogen (secondary N) is 1. The predicted octanol–water partition coefficient (Wildman–Crippen LogP) is 0.690. The summed E-state index contributed by atoms with van der Waals surface area (Å²) in [6.45, 7) is 5.92. The second-order valence-corrected chi connectivity index (χ2v) is 4.54. The Balaban J connectivity index is 2.09. The van der Waals surface area contributed by atoms with E-state index < -0.39 is 0 Å². The Morgan fingerprint density at radius 1 is 1.53 bits per heavy atom. The minimum absolute atomic E-state index is 0.299. The van der Waals surface area contributed by atoms with Crippen molar-refractivity contribution in [1.82, 2.24) is 15.3 Å². The standard InChI is InChI=1S/C13H22N4O2/c1-3-5-19-13-7-12(15-10-16-13)17-4-6-18-9-11(17)8-14-2/h7,10-11,14H,3-6,8-9H2,1-2H3. The first-order valence-electron chi connectivity index (χ1n) is 6.79. The lowest BCUT2D eigenvalue weighted by molar-refractivity contribution is 0.0938. The van der Waals surface area contributed by atoms with Crippen molar-refractivity contribution in [3.05, 3.63) is 12.4 Å². The van der Waals surface area contributed by atoms with Gasteiger partial charge < -0.3 is 19.7 Å². The predicted molar refractivity (Wildman–Crippen MR) is 73.7 cm³/mol. The van der Waals surface area contributed by atoms with Crippen LogP contribution in [0.25, 0.3) is 0 Å². The molecular weight excluding hydrogens is 244 g/mol. The molecule has 2 rings (SSSR count). The van der Waals surface area contributed by atoms with Gasteiger partial charge in [0.2, 0.25) is 5.88 Å². The average Bonchev–Trinajstić information content (AvgIpc) is 2.46. The zero-order chi connectivity index (χ0) is 13.5. The zero-order valence-electron chi connectivity index (χ0n) is 11.6. The highest BCUT2D eigenvalue weighted by Crippen LogP contribution is 2.20. The lowest BCUT2D eigenvalue weighted by Crippen LogP contribution is -2.50. The van der Waals surface area contributed by atoms with Crippen LogP contribution in [0.2, 0.25) is 0 Å². The largest absolute Gasteiger partial charge is 0.478 e. The van der Waals surface area contributed by atoms with Crippen LogP contribution in [0.1, 0.15) is 13.3 Å². The number of hydrogen-bond acceptors (Lipinski definition) is 6. The molecule has 0 radical (unpaired) electrons. The lowest BCUT2D eigenvalue weighted by Gasteiger charge is -2.36. The fourth-order valence-corrected chi connectivity index (χ4v) is 2.13. The van der Waals surface area contributed by atoms with Crippen LogP contribution in [0.15, 0.2) is 12.4 Å². The van der Waals surface area contributed by atoms with Gasteiger partial charge in [0.1, 0.15) is 12.1 Å². The molecule has 0 aromatic carbocycles. The minimum Gasteiger partial charge on any atom is -0.478 e. The summed E-state index contributed by atoms with van der Waals surface area (Å²) in [6.07, 6.45) is 2.53. The normalized spacial score (nSPS) is 19.5. The van der Waals surface area contributed by atoms with Crippen LogP contribution >= 0.6 is 0 Å². The molecule has 106 valence electrons. The molecule has 1 aromatic rings. The van der Waals surface area contributed by atoms with E-state index in [0.717, 1.165) is 38.5 Å². The van der Waals surface area contributed by atoms with Crippen LogP contribution in [0, 0.1) is 0 Å². The summed E-state index contributed by atoms with van der Waals surface area (Å²) < 4.78 is 11.1. The van der Waals surface area contributed by atoms with E-state index in [0.29, 0.717) is 18.5 Å². The summed E-state index contributed by atoms with van der Waals surface area (Å²) in [5, 5.41) is 3.19. The third kappa shape index (κ3) is 3.78. The number of nitrogens with zero attached hydrogens (tertiary/aromatic N) is 3. The number of morpholine rings is 1. The summed E-state index contributed by atoms with van der Waals surface area (Å²) in [6, 6.07) is 2.21. The van der Waals surface area contributed by atoms with Crippen LogP contribution in [-0.4, -0.2) is 56.0 Å². The van der Waals surface area contributed by atoms with Crippen LogP contribution in [0.3, 0.4) is 0 Å². The molecule has 0 bridgehead atoms. The van der Waals surface area contributed by atoms with E-state index in [-0.39, 0.29) is 0 Å². The van der Waals surface area contributed by atoms with Gasteiger partial charge in [-0.3, -0.25) is 0 Å². The summed E-state index contributed by atoms with van der Waals surface area (Å²) in [4.78, 5) is 10.7. The maximum absolute atomic E-state index is 5.56. The van der Waals surface area contributed by atoms with Gasteiger partial charge in [-0.05, 0) is 13.5 Å². The van der Waals surface area contributed by atoms with E-state index in [4.69, 9.17) is 9.47 Å². The molecule has 0 spiro atoms. The van der Waals surface area contributed by atoms with Crippen LogP contribution in [0.5, 0.6) is 5.88 Å². The zero-order valence-corrected chi connectivity index (χ0v) is 11.6. The van der Waals surface area contributed by atoms with Crippen molar-refractivity contribution >= 4 is 5.82 Å². The SMILES string of the molecule is CCCOc1cc(N2CCOCC2CNC)ncn1. The first-order chi connectivity index (χ1) is 9.35. The number of anilines is 1. The molecule has 19 heavy (non-hydrogen) atoms. The highest BCUT2D eigenvalue weighted by atomic mass is 16.5. The molecular formula is C13H22N4O2. The minimum atomic E-state index is 0.299. The summed E-state index contributed by atoms with van der Waals surface area (Å²) in [5.74, 6) is 1.55. The van der Waals surface area contributed by atoms with E-state index in [1.165, 1.54) is 0 Å². The van der Waals surface area contributed by atoms with Gasteiger partial charge in [-0.2, -0.15) is 0 Å². The van der Waals surface area contributed by atoms with Gasteiger partial charge >= 0.3 is 0 Å². The van der Waals surface area contributed by atoms with Crippen molar-refractivity contribution in [2.45, 2.75) is 19.4 Å². The number of ether oxygens (including phenoxy) is 2. The Kier molecular flexibility index (Phi) is 5.35. The first-order valence-corrected chi connectivity index (χ1v) is 6.79. The molecule has 2 heterocycles. The molecule has 6 heteroatoms. The Morgan fingerprint density at radius 2 is 2.42 bits per heavy atom. The number of hydrogen-bond donors (Lipinski definition) is 1. The van der Waals surface area contributed by atoms with Gasteiger partial charge in [-0.1, -0.05) is 6.92 Å². The van der Waals surface area contributed by atoms with E-state index in [9.17, 15) is 0 Å². The summed E-state index contributed by atoms with van der Waals surface area (Å²) >= 11 is 0. The quantitative estimate of drug-likeness (QED) is 0.817. The third-order valence-corrected chi connectivity index (χ3v) is 3.04. The van der Waals surface area contributed by atoms with Gasteiger partial charge in [-0.25, -0.2) is 9.97 Å². The van der Waals surface area contributed by atoms with Crippen molar-refractivity contribution in [2.75, 3.05) is 44.9 Å². The highest BCUT2D eigenvalue weighted by molar-refractivity contribution is 5.42. The lowest BCUT2D eigenvalue weighted by atomic mass is 10.2. The third-order valence-electron chi connectivity index (χ3n) is 3.04. The molecule has 0 saturated carbocycles. The van der Waals surface area contributed by atoms with Crippen molar-refractivity contribution in [2.24, 2.45) is 0 Å². The molecule has 0 amide bonds. The molecule has 1 unspecified atom stereocenters. The van der Waals surface area contributed by atoms with Crippen molar-refractivity contribution in [3.8, 4) is 5.88 Å². The molecule has 1 aliphatic heterocycles. The highest BCUT2D eigenvalue weighted by Gasteiger charge is 2.23. The Labute approximate surface area is 114 Å². The number of likely N-dealkylation sites (N-methyl/N-ethyl adjacent to an activating group) is 1. The number of rotatable bonds is 6. The van der Waals surface area contributed by atoms with Gasteiger partial charge in [0.25, 0.3) is 0 Å². The molecule has 1 atom stereocenters. The van der Waals surface area contributed by atoms with Crippen LogP contribution < -0.4 is 15.0 Å². The molecule has 6 nitrogen and oxygen atoms in total. The van der Waals surface area contributed by atoms with Crippen LogP contribution in [0.4, 0.5) is 5.82 Å². The average molecular weight is 266 g/mol. The molecule has 1 aromatic heterocycles. The van der Waals surface area contributed by atoms with Crippen molar-refractivity contribution < 1.29 is 9.47 Å². The second-order valence-electron chi connectivity index (χ2n) is 4.54. The summed E-state index contributed by atoms with van der Waals surface area (Å²) in [7, 11) is 1.95. The van der Waals surface area contributed by atoms with E-state index in [1.807, 2.05) is 13.1 Å². The monoisotopic (exact) mass is 266 g/mol. The van der Waals surface area contributed by atoms with Gasteiger partial charge in [0.15, 0.2) is 0 Å². The van der Waals surface area contributed by atoms with Gasteiger partial charge in [-0.15, -0.1) is 0 Å². The van der Waals surface area contributed by atoms with E-state index in [2.05, 4.69) is 27.1 Å². The van der Waals surface area contributed by atoms with Crippen molar-refractivity contribution in [1.29, 1.82) is 0 Å². The Bertz CT molecular complexity index is 387.